The summed E-state index contributed by atoms with van der Waals surface area (Å²) < 4.78 is 25.6. The molecular formula is C14H20O9. The summed E-state index contributed by atoms with van der Waals surface area (Å²) in [5.41, 5.74) is 0. The first-order chi connectivity index (χ1) is 10.7. The lowest BCUT2D eigenvalue weighted by atomic mass is 10.0. The van der Waals surface area contributed by atoms with Gasteiger partial charge in [0.2, 0.25) is 6.29 Å². The highest BCUT2D eigenvalue weighted by Gasteiger charge is 2.44. The molecule has 1 saturated heterocycles. The van der Waals surface area contributed by atoms with Gasteiger partial charge in [-0.2, -0.15) is 0 Å². The molecule has 0 bridgehead atoms. The van der Waals surface area contributed by atoms with Crippen LogP contribution in [0.2, 0.25) is 0 Å². The summed E-state index contributed by atoms with van der Waals surface area (Å²) in [6.07, 6.45) is -3.83. The monoisotopic (exact) mass is 332 g/mol. The second-order valence-electron chi connectivity index (χ2n) is 4.97. The Morgan fingerprint density at radius 3 is 1.91 bits per heavy atom. The highest BCUT2D eigenvalue weighted by molar-refractivity contribution is 5.68. The Morgan fingerprint density at radius 2 is 1.43 bits per heavy atom. The highest BCUT2D eigenvalue weighted by atomic mass is 16.7. The Morgan fingerprint density at radius 1 is 0.870 bits per heavy atom. The molecule has 0 N–H and O–H groups in total. The Kier molecular flexibility index (Phi) is 6.95. The Bertz CT molecular complexity index is 473. The van der Waals surface area contributed by atoms with Crippen LogP contribution in [0.1, 0.15) is 34.1 Å². The minimum absolute atomic E-state index is 0.00627. The summed E-state index contributed by atoms with van der Waals surface area (Å²) in [5, 5.41) is 0. The van der Waals surface area contributed by atoms with E-state index in [1.54, 1.807) is 0 Å². The Hall–Kier alpha value is -2.16. The summed E-state index contributed by atoms with van der Waals surface area (Å²) in [7, 11) is 0. The molecule has 0 spiro atoms. The van der Waals surface area contributed by atoms with Gasteiger partial charge < -0.3 is 23.7 Å². The molecule has 1 heterocycles. The molecule has 0 aromatic rings. The molecule has 0 amide bonds. The summed E-state index contributed by atoms with van der Waals surface area (Å²) in [4.78, 5) is 44.6. The van der Waals surface area contributed by atoms with Crippen molar-refractivity contribution in [1.29, 1.82) is 0 Å². The zero-order chi connectivity index (χ0) is 17.6. The van der Waals surface area contributed by atoms with Crippen molar-refractivity contribution >= 4 is 23.9 Å². The summed E-state index contributed by atoms with van der Waals surface area (Å²) in [6.45, 7) is 4.54. The molecule has 0 saturated carbocycles. The van der Waals surface area contributed by atoms with Crippen LogP contribution in [0.25, 0.3) is 0 Å². The van der Waals surface area contributed by atoms with Crippen molar-refractivity contribution in [2.45, 2.75) is 58.7 Å². The van der Waals surface area contributed by atoms with Crippen LogP contribution in [-0.2, 0) is 42.9 Å². The van der Waals surface area contributed by atoms with Gasteiger partial charge in [0.25, 0.3) is 0 Å². The maximum Gasteiger partial charge on any atom is 0.304 e. The van der Waals surface area contributed by atoms with Crippen LogP contribution in [0.15, 0.2) is 0 Å². The van der Waals surface area contributed by atoms with Gasteiger partial charge in [-0.05, 0) is 0 Å². The molecule has 9 nitrogen and oxygen atoms in total. The fraction of sp³-hybridized carbons (Fsp3) is 0.714. The molecular weight excluding hydrogens is 312 g/mol. The molecule has 0 radical (unpaired) electrons. The second-order valence-corrected chi connectivity index (χ2v) is 4.97. The van der Waals surface area contributed by atoms with Gasteiger partial charge in [-0.15, -0.1) is 0 Å². The van der Waals surface area contributed by atoms with Crippen molar-refractivity contribution in [1.82, 2.24) is 0 Å². The van der Waals surface area contributed by atoms with Crippen LogP contribution in [0.5, 0.6) is 0 Å². The van der Waals surface area contributed by atoms with Crippen molar-refractivity contribution in [3.8, 4) is 0 Å². The van der Waals surface area contributed by atoms with Crippen LogP contribution in [0.4, 0.5) is 0 Å². The van der Waals surface area contributed by atoms with Gasteiger partial charge in [-0.3, -0.25) is 19.2 Å². The predicted octanol–water partition coefficient (Wildman–Crippen LogP) is 0.0910. The number of ether oxygens (including phenoxy) is 5. The maximum absolute atomic E-state index is 11.3. The molecule has 0 aromatic heterocycles. The molecule has 23 heavy (non-hydrogen) atoms. The molecule has 1 fully saturated rings. The van der Waals surface area contributed by atoms with E-state index in [-0.39, 0.29) is 13.0 Å². The van der Waals surface area contributed by atoms with Crippen molar-refractivity contribution in [2.24, 2.45) is 0 Å². The van der Waals surface area contributed by atoms with Crippen molar-refractivity contribution < 1.29 is 42.9 Å². The van der Waals surface area contributed by atoms with Crippen LogP contribution in [0.3, 0.4) is 0 Å². The molecule has 130 valence electrons. The standard InChI is InChI=1S/C14H20O9/c1-7(15)19-6-12-14(22-10(4)18)11(20-8(2)16)5-13(23-12)21-9(3)17/h11-14H,5-6H2,1-4H3. The molecule has 9 heteroatoms. The minimum Gasteiger partial charge on any atom is -0.463 e. The van der Waals surface area contributed by atoms with Gasteiger partial charge in [0, 0.05) is 27.7 Å². The van der Waals surface area contributed by atoms with Gasteiger partial charge >= 0.3 is 23.9 Å². The SMILES string of the molecule is CC(=O)OCC1OC(OC(C)=O)CC(OC(C)=O)C1OC(C)=O. The van der Waals surface area contributed by atoms with E-state index in [9.17, 15) is 19.2 Å². The number of esters is 4. The van der Waals surface area contributed by atoms with E-state index in [0.29, 0.717) is 0 Å². The van der Waals surface area contributed by atoms with Gasteiger partial charge in [-0.25, -0.2) is 0 Å². The molecule has 1 aliphatic heterocycles. The lowest BCUT2D eigenvalue weighted by Gasteiger charge is -2.39. The summed E-state index contributed by atoms with van der Waals surface area (Å²) in [6, 6.07) is 0. The third kappa shape index (κ3) is 6.64. The van der Waals surface area contributed by atoms with E-state index in [0.717, 1.165) is 0 Å². The largest absolute Gasteiger partial charge is 0.463 e. The van der Waals surface area contributed by atoms with Crippen LogP contribution >= 0.6 is 0 Å². The topological polar surface area (TPSA) is 114 Å². The smallest absolute Gasteiger partial charge is 0.304 e. The third-order valence-corrected chi connectivity index (χ3v) is 2.85. The van der Waals surface area contributed by atoms with Gasteiger partial charge in [-0.1, -0.05) is 0 Å². The van der Waals surface area contributed by atoms with Gasteiger partial charge in [0.05, 0.1) is 6.42 Å². The lowest BCUT2D eigenvalue weighted by Crippen LogP contribution is -2.54. The Labute approximate surface area is 133 Å². The van der Waals surface area contributed by atoms with E-state index in [4.69, 9.17) is 23.7 Å². The van der Waals surface area contributed by atoms with Crippen molar-refractivity contribution in [3.63, 3.8) is 0 Å². The number of rotatable bonds is 5. The van der Waals surface area contributed by atoms with Gasteiger partial charge in [0.1, 0.15) is 18.8 Å². The van der Waals surface area contributed by atoms with Crippen LogP contribution in [-0.4, -0.2) is 55.1 Å². The fourth-order valence-electron chi connectivity index (χ4n) is 2.16. The first-order valence-corrected chi connectivity index (χ1v) is 6.99. The van der Waals surface area contributed by atoms with Gasteiger partial charge in [0.15, 0.2) is 6.10 Å². The molecule has 4 atom stereocenters. The average Bonchev–Trinajstić information content (AvgIpc) is 2.37. The Balaban J connectivity index is 2.94. The normalized spacial score (nSPS) is 26.8. The quantitative estimate of drug-likeness (QED) is 0.510. The number of hydrogen-bond donors (Lipinski definition) is 0. The molecule has 4 unspecified atom stereocenters. The molecule has 0 aromatic carbocycles. The first-order valence-electron chi connectivity index (χ1n) is 6.99. The van der Waals surface area contributed by atoms with Crippen LogP contribution in [0, 0.1) is 0 Å². The number of hydrogen-bond acceptors (Lipinski definition) is 9. The highest BCUT2D eigenvalue weighted by Crippen LogP contribution is 2.27. The molecule has 1 rings (SSSR count). The zero-order valence-electron chi connectivity index (χ0n) is 13.4. The van der Waals surface area contributed by atoms with Crippen molar-refractivity contribution in [3.05, 3.63) is 0 Å². The number of carbonyl (C=O) groups excluding carboxylic acids is 4. The first kappa shape index (κ1) is 18.9. The fourth-order valence-corrected chi connectivity index (χ4v) is 2.16. The number of carbonyl (C=O) groups is 4. The third-order valence-electron chi connectivity index (χ3n) is 2.85. The van der Waals surface area contributed by atoms with Crippen LogP contribution < -0.4 is 0 Å². The second kappa shape index (κ2) is 8.47. The van der Waals surface area contributed by atoms with E-state index in [2.05, 4.69) is 0 Å². The van der Waals surface area contributed by atoms with E-state index >= 15 is 0 Å². The minimum atomic E-state index is -1.01. The molecule has 1 aliphatic rings. The summed E-state index contributed by atoms with van der Waals surface area (Å²) >= 11 is 0. The van der Waals surface area contributed by atoms with Crippen molar-refractivity contribution in [2.75, 3.05) is 6.61 Å². The summed E-state index contributed by atoms with van der Waals surface area (Å²) in [5.74, 6) is -2.36. The lowest BCUT2D eigenvalue weighted by molar-refractivity contribution is -0.260. The zero-order valence-corrected chi connectivity index (χ0v) is 13.4. The maximum atomic E-state index is 11.3. The van der Waals surface area contributed by atoms with E-state index in [1.165, 1.54) is 27.7 Å². The van der Waals surface area contributed by atoms with E-state index in [1.807, 2.05) is 0 Å². The van der Waals surface area contributed by atoms with E-state index < -0.39 is 48.5 Å². The average molecular weight is 332 g/mol. The molecule has 0 aliphatic carbocycles. The predicted molar refractivity (Wildman–Crippen MR) is 72.8 cm³/mol.